The van der Waals surface area contributed by atoms with Crippen LogP contribution in [0.3, 0.4) is 0 Å². The maximum absolute atomic E-state index is 12.3. The van der Waals surface area contributed by atoms with E-state index in [1.165, 1.54) is 11.8 Å². The molecule has 1 rings (SSSR count). The van der Waals surface area contributed by atoms with E-state index >= 15 is 0 Å². The Hall–Kier alpha value is -4.61. The van der Waals surface area contributed by atoms with Crippen molar-refractivity contribution in [2.75, 3.05) is 64.2 Å². The molecular formula is C29H38N5O12-5. The maximum Gasteiger partial charge on any atom is 0.224 e. The molecular weight excluding hydrogens is 610 g/mol. The third kappa shape index (κ3) is 18.9. The summed E-state index contributed by atoms with van der Waals surface area (Å²) in [6, 6.07) is 5.41. The highest BCUT2D eigenvalue weighted by atomic mass is 16.4. The van der Waals surface area contributed by atoms with Gasteiger partial charge < -0.3 is 60.1 Å². The van der Waals surface area contributed by atoms with Gasteiger partial charge >= 0.3 is 0 Å². The Kier molecular flexibility index (Phi) is 18.2. The van der Waals surface area contributed by atoms with Crippen LogP contribution >= 0.6 is 0 Å². The van der Waals surface area contributed by atoms with Gasteiger partial charge in [-0.05, 0) is 37.0 Å². The molecule has 0 aliphatic carbocycles. The molecule has 1 aromatic carbocycles. The molecule has 1 aromatic rings. The van der Waals surface area contributed by atoms with E-state index in [4.69, 9.17) is 0 Å². The third-order valence-corrected chi connectivity index (χ3v) is 6.60. The number of carboxylic acid groups (broad SMARTS) is 5. The van der Waals surface area contributed by atoms with Gasteiger partial charge in [-0.2, -0.15) is 0 Å². The number of nitrogens with zero attached hydrogens (tertiary/aromatic N) is 3. The molecule has 2 N–H and O–H groups in total. The Morgan fingerprint density at radius 1 is 0.674 bits per heavy atom. The average Bonchev–Trinajstić information content (AvgIpc) is 2.92. The lowest BCUT2D eigenvalue weighted by molar-refractivity contribution is -0.313. The summed E-state index contributed by atoms with van der Waals surface area (Å²) in [6.07, 6.45) is 2.33. The van der Waals surface area contributed by atoms with E-state index in [1.54, 1.807) is 24.3 Å². The van der Waals surface area contributed by atoms with E-state index in [9.17, 15) is 59.1 Å². The second kappa shape index (κ2) is 21.2. The number of benzene rings is 1. The van der Waals surface area contributed by atoms with Gasteiger partial charge in [-0.3, -0.25) is 24.3 Å². The van der Waals surface area contributed by atoms with Crippen molar-refractivity contribution in [3.63, 3.8) is 0 Å². The minimum absolute atomic E-state index is 0.00552. The minimum Gasteiger partial charge on any atom is -0.549 e. The molecule has 17 heteroatoms. The molecule has 1 unspecified atom stereocenters. The fraction of sp³-hybridized carbons (Fsp3) is 0.552. The summed E-state index contributed by atoms with van der Waals surface area (Å²) in [5.41, 5.74) is 1.02. The van der Waals surface area contributed by atoms with E-state index < -0.39 is 68.6 Å². The molecule has 0 fully saturated rings. The van der Waals surface area contributed by atoms with Crippen molar-refractivity contribution in [3.05, 3.63) is 29.8 Å². The number of carbonyl (C=O) groups excluding carboxylic acids is 7. The zero-order valence-electron chi connectivity index (χ0n) is 25.5. The van der Waals surface area contributed by atoms with Crippen molar-refractivity contribution in [2.24, 2.45) is 0 Å². The molecule has 0 aromatic heterocycles. The highest BCUT2D eigenvalue weighted by Gasteiger charge is 2.23. The Morgan fingerprint density at radius 2 is 1.17 bits per heavy atom. The van der Waals surface area contributed by atoms with Crippen molar-refractivity contribution < 1.29 is 59.1 Å². The number of nitrogens with one attached hydrogen (secondary N) is 2. The van der Waals surface area contributed by atoms with E-state index in [2.05, 4.69) is 10.6 Å². The van der Waals surface area contributed by atoms with Crippen LogP contribution in [0.1, 0.15) is 38.2 Å². The molecule has 1 atom stereocenters. The second-order valence-corrected chi connectivity index (χ2v) is 10.6. The maximum atomic E-state index is 12.3. The number of amides is 2. The molecule has 46 heavy (non-hydrogen) atoms. The van der Waals surface area contributed by atoms with Gasteiger partial charge in [0.25, 0.3) is 0 Å². The van der Waals surface area contributed by atoms with Crippen molar-refractivity contribution in [1.29, 1.82) is 0 Å². The number of rotatable bonds is 25. The first-order valence-electron chi connectivity index (χ1n) is 14.5. The van der Waals surface area contributed by atoms with Crippen LogP contribution < -0.4 is 36.2 Å². The van der Waals surface area contributed by atoms with Crippen LogP contribution in [0.5, 0.6) is 0 Å². The molecule has 0 heterocycles. The van der Waals surface area contributed by atoms with Gasteiger partial charge in [-0.1, -0.05) is 18.6 Å². The van der Waals surface area contributed by atoms with Gasteiger partial charge in [0, 0.05) is 84.0 Å². The van der Waals surface area contributed by atoms with Crippen molar-refractivity contribution in [3.8, 4) is 0 Å². The lowest BCUT2D eigenvalue weighted by Gasteiger charge is -2.37. The van der Waals surface area contributed by atoms with E-state index in [0.29, 0.717) is 24.2 Å². The van der Waals surface area contributed by atoms with Crippen LogP contribution in [0.25, 0.3) is 0 Å². The number of aliphatic carboxylic acids is 5. The topological polar surface area (TPSA) is 269 Å². The van der Waals surface area contributed by atoms with Crippen molar-refractivity contribution in [2.45, 2.75) is 45.1 Å². The van der Waals surface area contributed by atoms with Crippen LogP contribution in [-0.4, -0.2) is 121 Å². The minimum atomic E-state index is -1.61. The summed E-state index contributed by atoms with van der Waals surface area (Å²) in [6.45, 7) is -2.83. The quantitative estimate of drug-likeness (QED) is 0.0933. The molecule has 17 nitrogen and oxygen atoms in total. The number of hydrogen-bond acceptors (Lipinski definition) is 15. The summed E-state index contributed by atoms with van der Waals surface area (Å²) < 4.78 is 0. The van der Waals surface area contributed by atoms with Gasteiger partial charge in [0.05, 0.1) is 29.8 Å². The van der Waals surface area contributed by atoms with E-state index in [-0.39, 0.29) is 44.3 Å². The average molecular weight is 649 g/mol. The number of carboxylic acids is 5. The summed E-state index contributed by atoms with van der Waals surface area (Å²) >= 11 is 0. The molecule has 0 radical (unpaired) electrons. The van der Waals surface area contributed by atoms with Crippen LogP contribution in [0.2, 0.25) is 0 Å². The molecule has 0 saturated heterocycles. The van der Waals surface area contributed by atoms with Crippen LogP contribution in [0.4, 0.5) is 5.69 Å². The number of unbranched alkanes of at least 4 members (excludes halogenated alkanes) is 2. The highest BCUT2D eigenvalue weighted by Crippen LogP contribution is 2.16. The summed E-state index contributed by atoms with van der Waals surface area (Å²) in [5, 5.41) is 61.9. The Labute approximate surface area is 265 Å². The predicted octanol–water partition coefficient (Wildman–Crippen LogP) is -7.11. The molecule has 0 aliphatic rings. The molecule has 0 spiro atoms. The van der Waals surface area contributed by atoms with E-state index in [0.717, 1.165) is 22.6 Å². The molecule has 0 aliphatic heterocycles. The fourth-order valence-corrected chi connectivity index (χ4v) is 4.60. The van der Waals surface area contributed by atoms with Crippen molar-refractivity contribution >= 4 is 47.3 Å². The van der Waals surface area contributed by atoms with Gasteiger partial charge in [-0.15, -0.1) is 0 Å². The standard InChI is InChI=1S/C29H43N5O12/c1-20(35)30-10-4-2-3-5-24(36)31-22-8-6-21(7-9-22)13-23(34(18-28(43)44)19-29(45)46)14-32(15-25(37)38)11-12-33(16-26(39)40)17-27(41)42/h6-9,23H,2-5,10-19H2,1H3,(H,30,35)(H,31,36)(H,37,38)(H,39,40)(H,41,42)(H,43,44)(H,45,46)/p-5. The lowest BCUT2D eigenvalue weighted by atomic mass is 10.0. The zero-order chi connectivity index (χ0) is 34.6. The molecule has 0 bridgehead atoms. The largest absolute Gasteiger partial charge is 0.549 e. The van der Waals surface area contributed by atoms with Crippen LogP contribution in [-0.2, 0) is 40.0 Å². The summed E-state index contributed by atoms with van der Waals surface area (Å²) in [5.74, 6) is -8.30. The smallest absolute Gasteiger partial charge is 0.224 e. The summed E-state index contributed by atoms with van der Waals surface area (Å²) in [4.78, 5) is 82.8. The normalized spacial score (nSPS) is 11.7. The first-order valence-corrected chi connectivity index (χ1v) is 14.5. The summed E-state index contributed by atoms with van der Waals surface area (Å²) in [7, 11) is 0. The monoisotopic (exact) mass is 648 g/mol. The first-order chi connectivity index (χ1) is 21.6. The number of anilines is 1. The van der Waals surface area contributed by atoms with Gasteiger partial charge in [0.1, 0.15) is 0 Å². The van der Waals surface area contributed by atoms with E-state index in [1.807, 2.05) is 0 Å². The fourth-order valence-electron chi connectivity index (χ4n) is 4.60. The zero-order valence-corrected chi connectivity index (χ0v) is 25.5. The Balaban J connectivity index is 3.06. The highest BCUT2D eigenvalue weighted by molar-refractivity contribution is 5.90. The SMILES string of the molecule is CC(=O)NCCCCCC(=O)Nc1ccc(CC(CN(CCN(CC(=O)[O-])CC(=O)[O-])CC(=O)[O-])N(CC(=O)[O-])CC(=O)[O-])cc1. The Bertz CT molecular complexity index is 1160. The number of carbonyl (C=O) groups is 7. The van der Waals surface area contributed by atoms with Gasteiger partial charge in [0.15, 0.2) is 0 Å². The lowest BCUT2D eigenvalue weighted by Crippen LogP contribution is -2.55. The first kappa shape index (κ1) is 39.4. The molecule has 2 amide bonds. The number of hydrogen-bond donors (Lipinski definition) is 2. The van der Waals surface area contributed by atoms with Crippen LogP contribution in [0, 0.1) is 0 Å². The predicted molar refractivity (Wildman–Crippen MR) is 149 cm³/mol. The second-order valence-electron chi connectivity index (χ2n) is 10.6. The van der Waals surface area contributed by atoms with Crippen molar-refractivity contribution in [1.82, 2.24) is 20.0 Å². The molecule has 0 saturated carbocycles. The Morgan fingerprint density at radius 3 is 1.67 bits per heavy atom. The van der Waals surface area contributed by atoms with Gasteiger partial charge in [-0.25, -0.2) is 0 Å². The van der Waals surface area contributed by atoms with Gasteiger partial charge in [0.2, 0.25) is 11.8 Å². The van der Waals surface area contributed by atoms with Crippen LogP contribution in [0.15, 0.2) is 24.3 Å². The third-order valence-electron chi connectivity index (χ3n) is 6.60. The molecule has 256 valence electrons.